The molecule has 3 aromatic carbocycles. The van der Waals surface area contributed by atoms with Crippen LogP contribution in [0, 0.1) is 28.6 Å². The number of anilines is 1. The number of H-pyrrole nitrogens is 1. The number of benzene rings is 3. The van der Waals surface area contributed by atoms with Crippen molar-refractivity contribution in [1.29, 1.82) is 10.5 Å². The highest BCUT2D eigenvalue weighted by Gasteiger charge is 2.58. The summed E-state index contributed by atoms with van der Waals surface area (Å²) < 4.78 is 35.3. The Bertz CT molecular complexity index is 2220. The first kappa shape index (κ1) is 41.3. The molecular weight excluding hydrogens is 747 g/mol. The second-order valence-corrected chi connectivity index (χ2v) is 16.7. The Kier molecular flexibility index (Phi) is 12.6. The molecule has 1 saturated heterocycles. The van der Waals surface area contributed by atoms with Crippen molar-refractivity contribution in [3.63, 3.8) is 0 Å². The van der Waals surface area contributed by atoms with Crippen molar-refractivity contribution in [2.24, 2.45) is 5.92 Å². The molecule has 15 nitrogen and oxygen atoms in total. The summed E-state index contributed by atoms with van der Waals surface area (Å²) in [6.07, 6.45) is -1.79. The molecule has 16 heteroatoms. The van der Waals surface area contributed by atoms with Crippen LogP contribution in [0.25, 0.3) is 11.2 Å². The van der Waals surface area contributed by atoms with E-state index < -0.39 is 43.4 Å². The molecule has 1 aliphatic heterocycles. The van der Waals surface area contributed by atoms with Crippen molar-refractivity contribution in [2.45, 2.75) is 70.2 Å². The van der Waals surface area contributed by atoms with Crippen LogP contribution in [0.5, 0.6) is 11.5 Å². The molecular formula is C41H48N8O7P+. The number of nitrogens with zero attached hydrogens (tertiary/aromatic N) is 6. The maximum atomic E-state index is 12.8. The molecule has 0 spiro atoms. The standard InChI is InChI=1S/C41H47N8O7P/c1-26(2)49(27(3)4)57(51,22-10-21-42)56-36-33(23-43)39(48-25-45-35-37(48)46-40(44)47-38(35)50)55-34(36)24-54-41(28-11-8-7-9-12-28,29-13-17-31(52-5)18-14-29)30-15-19-32(53-6)20-16-30/h7-9,11-20,25-27,33-34,36,39,51H,10,22,24H2,1-6H3,(H2-,44,46,47,50)/p+1/t33-,34-,36+,39-,57?/m1/s1. The zero-order valence-electron chi connectivity index (χ0n) is 32.8. The van der Waals surface area contributed by atoms with Gasteiger partial charge in [0.2, 0.25) is 5.95 Å². The second-order valence-electron chi connectivity index (χ2n) is 14.2. The minimum absolute atomic E-state index is 0.00702. The predicted octanol–water partition coefficient (Wildman–Crippen LogP) is 5.94. The number of nitrogens with one attached hydrogen (secondary N) is 1. The summed E-state index contributed by atoms with van der Waals surface area (Å²) in [5.74, 6) is 0.0929. The highest BCUT2D eigenvalue weighted by molar-refractivity contribution is 7.63. The van der Waals surface area contributed by atoms with Crippen LogP contribution < -0.4 is 20.8 Å². The van der Waals surface area contributed by atoms with Gasteiger partial charge in [-0.3, -0.25) is 14.3 Å². The molecule has 298 valence electrons. The SMILES string of the molecule is COc1ccc(C(OC[C@H]2O[C@@H](n3cnc4c(=O)[nH]c(N)nc43)[C@H](C#N)[C@@H]2O[P+](O)(CCC#N)N(C(C)C)C(C)C)(c2ccccc2)c2ccc(OC)cc2)cc1. The lowest BCUT2D eigenvalue weighted by molar-refractivity contribution is -0.0918. The van der Waals surface area contributed by atoms with Crippen molar-refractivity contribution < 1.29 is 28.4 Å². The zero-order valence-corrected chi connectivity index (χ0v) is 33.7. The summed E-state index contributed by atoms with van der Waals surface area (Å²) in [5.41, 5.74) is 6.60. The zero-order chi connectivity index (χ0) is 40.9. The molecule has 1 unspecified atom stereocenters. The smallest absolute Gasteiger partial charge is 0.347 e. The highest BCUT2D eigenvalue weighted by atomic mass is 31.2. The Morgan fingerprint density at radius 3 is 2.07 bits per heavy atom. The molecule has 5 aromatic rings. The van der Waals surface area contributed by atoms with Gasteiger partial charge in [-0.1, -0.05) is 54.6 Å². The number of imidazole rings is 1. The Labute approximate surface area is 332 Å². The third-order valence-corrected chi connectivity index (χ3v) is 13.1. The third kappa shape index (κ3) is 8.09. The molecule has 0 aliphatic carbocycles. The third-order valence-electron chi connectivity index (χ3n) is 10.1. The average Bonchev–Trinajstić information content (AvgIpc) is 3.78. The number of ether oxygens (including phenoxy) is 4. The topological polar surface area (TPSA) is 207 Å². The number of hydrogen-bond donors (Lipinski definition) is 3. The van der Waals surface area contributed by atoms with Crippen LogP contribution in [0.15, 0.2) is 90.0 Å². The lowest BCUT2D eigenvalue weighted by atomic mass is 9.80. The van der Waals surface area contributed by atoms with Crippen LogP contribution in [0.1, 0.15) is 57.0 Å². The summed E-state index contributed by atoms with van der Waals surface area (Å²) in [6.45, 7) is 7.62. The van der Waals surface area contributed by atoms with Gasteiger partial charge in [0.05, 0.1) is 45.7 Å². The van der Waals surface area contributed by atoms with Gasteiger partial charge in [0.15, 0.2) is 23.5 Å². The highest BCUT2D eigenvalue weighted by Crippen LogP contribution is 2.64. The summed E-state index contributed by atoms with van der Waals surface area (Å²) in [5, 5.41) is 20.6. The number of nitrogens with two attached hydrogens (primary N) is 1. The fourth-order valence-electron chi connectivity index (χ4n) is 7.72. The van der Waals surface area contributed by atoms with Crippen LogP contribution in [0.2, 0.25) is 0 Å². The Hall–Kier alpha value is -5.38. The molecule has 3 heterocycles. The van der Waals surface area contributed by atoms with Crippen molar-refractivity contribution in [1.82, 2.24) is 24.2 Å². The number of methoxy groups -OCH3 is 2. The van der Waals surface area contributed by atoms with Gasteiger partial charge in [-0.25, -0.2) is 9.88 Å². The van der Waals surface area contributed by atoms with Gasteiger partial charge in [-0.2, -0.15) is 20.0 Å². The van der Waals surface area contributed by atoms with Crippen LogP contribution in [0.3, 0.4) is 0 Å². The van der Waals surface area contributed by atoms with Crippen molar-refractivity contribution in [3.05, 3.63) is 112 Å². The van der Waals surface area contributed by atoms with Crippen molar-refractivity contribution >= 4 is 25.0 Å². The van der Waals surface area contributed by atoms with E-state index in [9.17, 15) is 20.2 Å². The largest absolute Gasteiger partial charge is 0.497 e. The number of rotatable bonds is 16. The van der Waals surface area contributed by atoms with E-state index >= 15 is 0 Å². The fourth-order valence-corrected chi connectivity index (χ4v) is 10.7. The molecule has 1 aliphatic rings. The van der Waals surface area contributed by atoms with E-state index in [4.69, 9.17) is 29.2 Å². The number of hydrogen-bond acceptors (Lipinski definition) is 13. The van der Waals surface area contributed by atoms with E-state index in [1.807, 2.05) is 111 Å². The molecule has 5 atom stereocenters. The number of nitrogen functional groups attached to an aromatic ring is 1. The van der Waals surface area contributed by atoms with Crippen LogP contribution >= 0.6 is 7.87 Å². The van der Waals surface area contributed by atoms with Crippen LogP contribution in [-0.4, -0.2) is 80.4 Å². The summed E-state index contributed by atoms with van der Waals surface area (Å²) >= 11 is 0. The van der Waals surface area contributed by atoms with E-state index in [2.05, 4.69) is 27.1 Å². The van der Waals surface area contributed by atoms with Gasteiger partial charge in [-0.15, -0.1) is 4.67 Å². The van der Waals surface area contributed by atoms with E-state index in [0.29, 0.717) is 11.5 Å². The first-order valence-corrected chi connectivity index (χ1v) is 20.4. The maximum absolute atomic E-state index is 12.8. The van der Waals surface area contributed by atoms with Gasteiger partial charge in [-0.05, 0) is 68.7 Å². The van der Waals surface area contributed by atoms with E-state index in [-0.39, 0.29) is 48.4 Å². The molecule has 0 saturated carbocycles. The normalized spacial score (nSPS) is 19.4. The number of aromatic amines is 1. The molecule has 0 bridgehead atoms. The summed E-state index contributed by atoms with van der Waals surface area (Å²) in [4.78, 5) is 36.5. The van der Waals surface area contributed by atoms with Gasteiger partial charge >= 0.3 is 7.87 Å². The van der Waals surface area contributed by atoms with Gasteiger partial charge < -0.3 is 24.7 Å². The minimum Gasteiger partial charge on any atom is -0.497 e. The molecule has 0 radical (unpaired) electrons. The summed E-state index contributed by atoms with van der Waals surface area (Å²) in [6, 6.07) is 29.0. The Morgan fingerprint density at radius 1 is 0.965 bits per heavy atom. The summed E-state index contributed by atoms with van der Waals surface area (Å²) in [7, 11) is -0.389. The van der Waals surface area contributed by atoms with Crippen molar-refractivity contribution in [3.8, 4) is 23.6 Å². The maximum Gasteiger partial charge on any atom is 0.347 e. The minimum atomic E-state index is -3.59. The quantitative estimate of drug-likeness (QED) is 0.0782. The molecule has 1 fully saturated rings. The van der Waals surface area contributed by atoms with Crippen LogP contribution in [0.4, 0.5) is 5.95 Å². The molecule has 4 N–H and O–H groups in total. The van der Waals surface area contributed by atoms with E-state index in [1.165, 1.54) is 10.9 Å². The fraction of sp³-hybridized carbons (Fsp3) is 0.390. The van der Waals surface area contributed by atoms with Gasteiger partial charge in [0.1, 0.15) is 35.3 Å². The Morgan fingerprint density at radius 2 is 1.54 bits per heavy atom. The van der Waals surface area contributed by atoms with E-state index in [0.717, 1.165) is 16.7 Å². The molecule has 2 aromatic heterocycles. The number of nitriles is 2. The van der Waals surface area contributed by atoms with E-state index in [1.54, 1.807) is 14.2 Å². The lowest BCUT2D eigenvalue weighted by Crippen LogP contribution is -2.43. The number of fused-ring (bicyclic) bond motifs is 1. The van der Waals surface area contributed by atoms with Crippen LogP contribution in [-0.2, 0) is 19.6 Å². The first-order valence-electron chi connectivity index (χ1n) is 18.6. The molecule has 57 heavy (non-hydrogen) atoms. The second kappa shape index (κ2) is 17.4. The average molecular weight is 796 g/mol. The monoisotopic (exact) mass is 795 g/mol. The molecule has 0 amide bonds. The molecule has 6 rings (SSSR count). The van der Waals surface area contributed by atoms with Crippen molar-refractivity contribution in [2.75, 3.05) is 32.7 Å². The lowest BCUT2D eigenvalue weighted by Gasteiger charge is -2.38. The predicted molar refractivity (Wildman–Crippen MR) is 215 cm³/mol. The first-order chi connectivity index (χ1) is 27.4. The number of aromatic nitrogens is 4. The Balaban J connectivity index is 1.52. The van der Waals surface area contributed by atoms with Gasteiger partial charge in [0, 0.05) is 12.1 Å². The van der Waals surface area contributed by atoms with Gasteiger partial charge in [0.25, 0.3) is 5.56 Å².